The first-order valence-electron chi connectivity index (χ1n) is 6.76. The van der Waals surface area contributed by atoms with E-state index < -0.39 is 0 Å². The van der Waals surface area contributed by atoms with E-state index in [0.29, 0.717) is 0 Å². The second kappa shape index (κ2) is 7.75. The summed E-state index contributed by atoms with van der Waals surface area (Å²) >= 11 is 3.66. The standard InChI is InChI=1S/C13H17BrO.C2H6/c1-2-3-9-15-12-8-7-10-5-4-6-11(10)13(12)14;1-2/h7-8H,2-6,9H2,1H3;1-2H3. The maximum absolute atomic E-state index is 5.76. The summed E-state index contributed by atoms with van der Waals surface area (Å²) in [6.07, 6.45) is 6.02. The fraction of sp³-hybridized carbons (Fsp3) is 0.600. The van der Waals surface area contributed by atoms with Crippen LogP contribution in [-0.2, 0) is 12.8 Å². The van der Waals surface area contributed by atoms with E-state index in [-0.39, 0.29) is 0 Å². The quantitative estimate of drug-likeness (QED) is 0.699. The number of rotatable bonds is 4. The van der Waals surface area contributed by atoms with Gasteiger partial charge in [0.05, 0.1) is 11.1 Å². The summed E-state index contributed by atoms with van der Waals surface area (Å²) in [5.41, 5.74) is 2.95. The molecular weight excluding hydrogens is 276 g/mol. The van der Waals surface area contributed by atoms with Gasteiger partial charge in [-0.3, -0.25) is 0 Å². The molecule has 1 nitrogen and oxygen atoms in total. The molecule has 0 saturated heterocycles. The number of halogens is 1. The van der Waals surface area contributed by atoms with Gasteiger partial charge in [-0.25, -0.2) is 0 Å². The molecule has 1 aliphatic carbocycles. The lowest BCUT2D eigenvalue weighted by Crippen LogP contribution is -1.98. The van der Waals surface area contributed by atoms with Crippen molar-refractivity contribution in [2.45, 2.75) is 52.9 Å². The van der Waals surface area contributed by atoms with Gasteiger partial charge in [-0.05, 0) is 58.8 Å². The highest BCUT2D eigenvalue weighted by atomic mass is 79.9. The summed E-state index contributed by atoms with van der Waals surface area (Å²) in [6, 6.07) is 4.32. The van der Waals surface area contributed by atoms with Crippen molar-refractivity contribution in [2.24, 2.45) is 0 Å². The maximum Gasteiger partial charge on any atom is 0.133 e. The van der Waals surface area contributed by atoms with Crippen molar-refractivity contribution >= 4 is 15.9 Å². The molecule has 17 heavy (non-hydrogen) atoms. The van der Waals surface area contributed by atoms with Crippen molar-refractivity contribution in [3.05, 3.63) is 27.7 Å². The largest absolute Gasteiger partial charge is 0.492 e. The second-order valence-corrected chi connectivity index (χ2v) is 4.86. The molecule has 0 unspecified atom stereocenters. The molecule has 0 atom stereocenters. The maximum atomic E-state index is 5.76. The molecule has 1 aliphatic rings. The minimum atomic E-state index is 0.827. The van der Waals surface area contributed by atoms with Crippen LogP contribution in [0.1, 0.15) is 51.2 Å². The van der Waals surface area contributed by atoms with Crippen LogP contribution in [0.15, 0.2) is 16.6 Å². The van der Waals surface area contributed by atoms with Gasteiger partial charge in [0.15, 0.2) is 0 Å². The van der Waals surface area contributed by atoms with E-state index in [2.05, 4.69) is 35.0 Å². The van der Waals surface area contributed by atoms with Crippen LogP contribution in [0.4, 0.5) is 0 Å². The fourth-order valence-electron chi connectivity index (χ4n) is 2.04. The van der Waals surface area contributed by atoms with Crippen LogP contribution < -0.4 is 4.74 Å². The van der Waals surface area contributed by atoms with E-state index >= 15 is 0 Å². The first kappa shape index (κ1) is 14.6. The molecule has 0 fully saturated rings. The lowest BCUT2D eigenvalue weighted by Gasteiger charge is -2.10. The number of benzene rings is 1. The van der Waals surface area contributed by atoms with Crippen molar-refractivity contribution in [3.63, 3.8) is 0 Å². The zero-order valence-electron chi connectivity index (χ0n) is 11.2. The number of hydrogen-bond acceptors (Lipinski definition) is 1. The van der Waals surface area contributed by atoms with Crippen molar-refractivity contribution < 1.29 is 4.74 Å². The van der Waals surface area contributed by atoms with Crippen LogP contribution >= 0.6 is 15.9 Å². The zero-order valence-corrected chi connectivity index (χ0v) is 12.8. The Balaban J connectivity index is 0.000000686. The molecule has 0 N–H and O–H groups in total. The molecule has 2 rings (SSSR count). The van der Waals surface area contributed by atoms with E-state index in [9.17, 15) is 0 Å². The number of hydrogen-bond donors (Lipinski definition) is 0. The van der Waals surface area contributed by atoms with Gasteiger partial charge in [0.2, 0.25) is 0 Å². The Hall–Kier alpha value is -0.500. The molecule has 96 valence electrons. The highest BCUT2D eigenvalue weighted by Crippen LogP contribution is 2.36. The van der Waals surface area contributed by atoms with E-state index in [1.54, 1.807) is 0 Å². The van der Waals surface area contributed by atoms with E-state index in [1.165, 1.54) is 41.3 Å². The van der Waals surface area contributed by atoms with E-state index in [1.807, 2.05) is 13.8 Å². The Morgan fingerprint density at radius 1 is 1.24 bits per heavy atom. The zero-order chi connectivity index (χ0) is 12.7. The molecule has 1 aromatic carbocycles. The first-order valence-corrected chi connectivity index (χ1v) is 7.55. The number of aryl methyl sites for hydroxylation is 1. The first-order chi connectivity index (χ1) is 8.33. The Morgan fingerprint density at radius 2 is 2.00 bits per heavy atom. The SMILES string of the molecule is CC.CCCCOc1ccc2c(c1Br)CCC2. The molecular formula is C15H23BrO. The molecule has 0 saturated carbocycles. The summed E-state index contributed by atoms with van der Waals surface area (Å²) < 4.78 is 6.94. The molecule has 0 heterocycles. The Kier molecular flexibility index (Phi) is 6.64. The second-order valence-electron chi connectivity index (χ2n) is 4.07. The summed E-state index contributed by atoms with van der Waals surface area (Å²) in [7, 11) is 0. The highest BCUT2D eigenvalue weighted by molar-refractivity contribution is 9.10. The molecule has 2 heteroatoms. The normalized spacial score (nSPS) is 12.7. The van der Waals surface area contributed by atoms with Gasteiger partial charge in [-0.15, -0.1) is 0 Å². The predicted octanol–water partition coefficient (Wildman–Crippen LogP) is 5.14. The Labute approximate surface area is 114 Å². The van der Waals surface area contributed by atoms with Crippen LogP contribution in [0.2, 0.25) is 0 Å². The average molecular weight is 299 g/mol. The topological polar surface area (TPSA) is 9.23 Å². The summed E-state index contributed by atoms with van der Waals surface area (Å²) in [5, 5.41) is 0. The van der Waals surface area contributed by atoms with Gasteiger partial charge < -0.3 is 4.74 Å². The predicted molar refractivity (Wildman–Crippen MR) is 77.9 cm³/mol. The monoisotopic (exact) mass is 298 g/mol. The van der Waals surface area contributed by atoms with Gasteiger partial charge >= 0.3 is 0 Å². The molecule has 0 aromatic heterocycles. The van der Waals surface area contributed by atoms with Crippen LogP contribution in [0.5, 0.6) is 5.75 Å². The van der Waals surface area contributed by atoms with Crippen molar-refractivity contribution in [1.82, 2.24) is 0 Å². The average Bonchev–Trinajstić information content (AvgIpc) is 2.84. The third-order valence-corrected chi connectivity index (χ3v) is 3.80. The lowest BCUT2D eigenvalue weighted by atomic mass is 10.1. The van der Waals surface area contributed by atoms with Crippen LogP contribution in [0.25, 0.3) is 0 Å². The van der Waals surface area contributed by atoms with Crippen molar-refractivity contribution in [2.75, 3.05) is 6.61 Å². The van der Waals surface area contributed by atoms with Gasteiger partial charge in [0.25, 0.3) is 0 Å². The molecule has 0 bridgehead atoms. The third kappa shape index (κ3) is 3.74. The minimum absolute atomic E-state index is 0.827. The molecule has 0 radical (unpaired) electrons. The fourth-order valence-corrected chi connectivity index (χ4v) is 2.74. The third-order valence-electron chi connectivity index (χ3n) is 2.93. The Morgan fingerprint density at radius 3 is 2.71 bits per heavy atom. The van der Waals surface area contributed by atoms with Gasteiger partial charge in [0.1, 0.15) is 5.75 Å². The molecule has 0 amide bonds. The number of fused-ring (bicyclic) bond motifs is 1. The van der Waals surface area contributed by atoms with Crippen LogP contribution in [0.3, 0.4) is 0 Å². The van der Waals surface area contributed by atoms with Crippen molar-refractivity contribution in [3.8, 4) is 5.75 Å². The lowest BCUT2D eigenvalue weighted by molar-refractivity contribution is 0.307. The minimum Gasteiger partial charge on any atom is -0.492 e. The molecule has 1 aromatic rings. The number of unbranched alkanes of at least 4 members (excludes halogenated alkanes) is 1. The van der Waals surface area contributed by atoms with Crippen molar-refractivity contribution in [1.29, 1.82) is 0 Å². The van der Waals surface area contributed by atoms with Gasteiger partial charge in [-0.2, -0.15) is 0 Å². The number of ether oxygens (including phenoxy) is 1. The molecule has 0 aliphatic heterocycles. The van der Waals surface area contributed by atoms with Crippen LogP contribution in [0, 0.1) is 0 Å². The van der Waals surface area contributed by atoms with Gasteiger partial charge in [0, 0.05) is 0 Å². The summed E-state index contributed by atoms with van der Waals surface area (Å²) in [5.74, 6) is 1.02. The summed E-state index contributed by atoms with van der Waals surface area (Å²) in [6.45, 7) is 7.01. The smallest absolute Gasteiger partial charge is 0.133 e. The summed E-state index contributed by atoms with van der Waals surface area (Å²) in [4.78, 5) is 0. The molecule has 0 spiro atoms. The van der Waals surface area contributed by atoms with E-state index in [0.717, 1.165) is 18.8 Å². The van der Waals surface area contributed by atoms with Gasteiger partial charge in [-0.1, -0.05) is 33.3 Å². The van der Waals surface area contributed by atoms with Crippen LogP contribution in [-0.4, -0.2) is 6.61 Å². The van der Waals surface area contributed by atoms with E-state index in [4.69, 9.17) is 4.74 Å². The Bertz CT molecular complexity index is 347. The highest BCUT2D eigenvalue weighted by Gasteiger charge is 2.16.